The maximum Gasteiger partial charge on any atom is 0.376 e. The smallest absolute Gasteiger partial charge is 0.299 e. The summed E-state index contributed by atoms with van der Waals surface area (Å²) < 4.78 is 97.4. The van der Waals surface area contributed by atoms with Crippen molar-refractivity contribution in [3.05, 3.63) is 120 Å². The number of halogens is 6. The van der Waals surface area contributed by atoms with Gasteiger partial charge in [-0.1, -0.05) is 67.6 Å². The van der Waals surface area contributed by atoms with Gasteiger partial charge in [-0.3, -0.25) is 8.80 Å². The summed E-state index contributed by atoms with van der Waals surface area (Å²) in [6.07, 6.45) is 2.42. The van der Waals surface area contributed by atoms with Crippen LogP contribution in [0.4, 0.5) is 26.3 Å². The average molecular weight is 619 g/mol. The minimum atomic E-state index is -5.77. The molecule has 0 saturated carbocycles. The molecule has 0 atom stereocenters. The SMILES string of the molecule is CCC(F)(F)C(F)(F)C(F)(F)/C(=C\c1c(-c2ccccc2)ccc2nc(C)cn12)c1c(-c2ccccc2)ccc2nc(C)cn12. The van der Waals surface area contributed by atoms with Gasteiger partial charge < -0.3 is 0 Å². The molecule has 0 aliphatic heterocycles. The second kappa shape index (κ2) is 10.9. The summed E-state index contributed by atoms with van der Waals surface area (Å²) in [6, 6.07) is 23.5. The van der Waals surface area contributed by atoms with Crippen molar-refractivity contribution in [1.29, 1.82) is 0 Å². The number of allylic oxidation sites excluding steroid dienone is 1. The second-order valence-electron chi connectivity index (χ2n) is 10.9. The van der Waals surface area contributed by atoms with Crippen molar-refractivity contribution in [3.63, 3.8) is 0 Å². The monoisotopic (exact) mass is 618 g/mol. The molecule has 6 aromatic rings. The number of alkyl halides is 6. The van der Waals surface area contributed by atoms with E-state index in [4.69, 9.17) is 0 Å². The van der Waals surface area contributed by atoms with Crippen LogP contribution >= 0.6 is 0 Å². The molecule has 0 bridgehead atoms. The molecule has 6 rings (SSSR count). The first-order valence-corrected chi connectivity index (χ1v) is 14.3. The summed E-state index contributed by atoms with van der Waals surface area (Å²) in [6.45, 7) is 4.09. The molecule has 4 heterocycles. The highest BCUT2D eigenvalue weighted by Crippen LogP contribution is 2.54. The van der Waals surface area contributed by atoms with Gasteiger partial charge in [-0.2, -0.15) is 26.3 Å². The van der Waals surface area contributed by atoms with E-state index in [-0.39, 0.29) is 22.6 Å². The van der Waals surface area contributed by atoms with Crippen molar-refractivity contribution < 1.29 is 26.3 Å². The molecule has 0 saturated heterocycles. The summed E-state index contributed by atoms with van der Waals surface area (Å²) in [4.78, 5) is 8.80. The highest BCUT2D eigenvalue weighted by Gasteiger charge is 2.72. The number of hydrogen-bond donors (Lipinski definition) is 0. The van der Waals surface area contributed by atoms with Crippen molar-refractivity contribution in [3.8, 4) is 22.3 Å². The summed E-state index contributed by atoms with van der Waals surface area (Å²) in [5.41, 5.74) is 1.49. The Balaban J connectivity index is 1.80. The average Bonchev–Trinajstić information content (AvgIpc) is 3.61. The Morgan fingerprint density at radius 2 is 1.16 bits per heavy atom. The molecule has 0 aliphatic carbocycles. The van der Waals surface area contributed by atoms with Crippen molar-refractivity contribution >= 4 is 22.9 Å². The molecule has 230 valence electrons. The van der Waals surface area contributed by atoms with Gasteiger partial charge in [-0.15, -0.1) is 0 Å². The quantitative estimate of drug-likeness (QED) is 0.159. The van der Waals surface area contributed by atoms with Gasteiger partial charge in [0.05, 0.1) is 28.3 Å². The van der Waals surface area contributed by atoms with Crippen molar-refractivity contribution in [2.45, 2.75) is 45.0 Å². The Morgan fingerprint density at radius 3 is 1.71 bits per heavy atom. The number of benzene rings is 2. The van der Waals surface area contributed by atoms with Gasteiger partial charge in [0.2, 0.25) is 0 Å². The highest BCUT2D eigenvalue weighted by atomic mass is 19.3. The van der Waals surface area contributed by atoms with E-state index >= 15 is 17.6 Å². The number of aryl methyl sites for hydroxylation is 2. The van der Waals surface area contributed by atoms with E-state index in [1.54, 1.807) is 98.9 Å². The van der Waals surface area contributed by atoms with Gasteiger partial charge in [-0.05, 0) is 55.3 Å². The summed E-state index contributed by atoms with van der Waals surface area (Å²) in [5, 5.41) is 0. The fourth-order valence-electron chi connectivity index (χ4n) is 5.58. The maximum absolute atomic E-state index is 16.7. The number of fused-ring (bicyclic) bond motifs is 2. The lowest BCUT2D eigenvalue weighted by molar-refractivity contribution is -0.288. The normalized spacial score (nSPS) is 13.2. The van der Waals surface area contributed by atoms with E-state index in [1.165, 1.54) is 21.1 Å². The van der Waals surface area contributed by atoms with E-state index in [9.17, 15) is 8.78 Å². The van der Waals surface area contributed by atoms with Crippen LogP contribution in [0.3, 0.4) is 0 Å². The lowest BCUT2D eigenvalue weighted by Crippen LogP contribution is -2.54. The van der Waals surface area contributed by atoms with Crippen LogP contribution in [0.15, 0.2) is 97.3 Å². The van der Waals surface area contributed by atoms with Crippen LogP contribution in [-0.4, -0.2) is 36.5 Å². The number of rotatable bonds is 8. The molecule has 45 heavy (non-hydrogen) atoms. The highest BCUT2D eigenvalue weighted by molar-refractivity contribution is 5.94. The van der Waals surface area contributed by atoms with Crippen molar-refractivity contribution in [2.75, 3.05) is 0 Å². The minimum absolute atomic E-state index is 0.0671. The zero-order chi connectivity index (χ0) is 32.1. The van der Waals surface area contributed by atoms with Crippen molar-refractivity contribution in [2.24, 2.45) is 0 Å². The maximum atomic E-state index is 16.7. The van der Waals surface area contributed by atoms with Crippen LogP contribution in [0, 0.1) is 13.8 Å². The lowest BCUT2D eigenvalue weighted by Gasteiger charge is -2.34. The molecule has 0 fully saturated rings. The Hall–Kier alpha value is -4.86. The first-order valence-electron chi connectivity index (χ1n) is 14.3. The van der Waals surface area contributed by atoms with Gasteiger partial charge in [0.1, 0.15) is 11.3 Å². The summed E-state index contributed by atoms with van der Waals surface area (Å²) in [5.74, 6) is -16.2. The topological polar surface area (TPSA) is 34.6 Å². The molecule has 0 radical (unpaired) electrons. The zero-order valence-electron chi connectivity index (χ0n) is 24.6. The van der Waals surface area contributed by atoms with Crippen molar-refractivity contribution in [1.82, 2.24) is 18.8 Å². The van der Waals surface area contributed by atoms with E-state index in [0.29, 0.717) is 33.7 Å². The van der Waals surface area contributed by atoms with E-state index in [0.717, 1.165) is 13.0 Å². The van der Waals surface area contributed by atoms with Gasteiger partial charge in [-0.25, -0.2) is 9.97 Å². The molecule has 10 heteroatoms. The predicted octanol–water partition coefficient (Wildman–Crippen LogP) is 9.79. The Bertz CT molecular complexity index is 2040. The lowest BCUT2D eigenvalue weighted by atomic mass is 9.88. The van der Waals surface area contributed by atoms with Gasteiger partial charge in [0.15, 0.2) is 0 Å². The summed E-state index contributed by atoms with van der Waals surface area (Å²) >= 11 is 0. The number of pyridine rings is 2. The third-order valence-corrected chi connectivity index (χ3v) is 7.88. The van der Waals surface area contributed by atoms with Crippen LogP contribution in [0.5, 0.6) is 0 Å². The molecule has 0 amide bonds. The number of aromatic nitrogens is 4. The minimum Gasteiger partial charge on any atom is -0.299 e. The third kappa shape index (κ3) is 4.98. The molecule has 0 spiro atoms. The Morgan fingerprint density at radius 1 is 0.667 bits per heavy atom. The zero-order valence-corrected chi connectivity index (χ0v) is 24.6. The fraction of sp³-hybridized carbons (Fsp3) is 0.200. The predicted molar refractivity (Wildman–Crippen MR) is 164 cm³/mol. The fourth-order valence-corrected chi connectivity index (χ4v) is 5.58. The summed E-state index contributed by atoms with van der Waals surface area (Å²) in [7, 11) is 0. The van der Waals surface area contributed by atoms with Crippen LogP contribution in [0.1, 0.15) is 36.1 Å². The molecular weight excluding hydrogens is 590 g/mol. The Kier molecular flexibility index (Phi) is 7.34. The molecule has 2 aromatic carbocycles. The van der Waals surface area contributed by atoms with E-state index in [1.807, 2.05) is 0 Å². The largest absolute Gasteiger partial charge is 0.376 e. The van der Waals surface area contributed by atoms with Gasteiger partial charge in [0, 0.05) is 29.9 Å². The van der Waals surface area contributed by atoms with E-state index < -0.39 is 29.8 Å². The standard InChI is InChI=1S/C35H28F6N4/c1-4-33(36,37)35(40,41)34(38,39)28(32-27(25-13-9-6-10-14-25)16-18-31-43-23(3)21-45(31)32)19-29-26(24-11-7-5-8-12-24)15-17-30-42-22(2)20-44(29)30/h5-21H,4H2,1-3H3/b28-19-. The number of nitrogens with zero attached hydrogens (tertiary/aromatic N) is 4. The van der Waals surface area contributed by atoms with Crippen LogP contribution in [-0.2, 0) is 0 Å². The molecule has 0 unspecified atom stereocenters. The Labute approximate surface area is 255 Å². The first-order chi connectivity index (χ1) is 21.4. The molecular formula is C35H28F6N4. The van der Waals surface area contributed by atoms with Crippen LogP contribution in [0.2, 0.25) is 0 Å². The first kappa shape index (κ1) is 30.2. The third-order valence-electron chi connectivity index (χ3n) is 7.88. The second-order valence-corrected chi connectivity index (χ2v) is 10.9. The molecule has 0 aliphatic rings. The molecule has 4 nitrogen and oxygen atoms in total. The number of imidazole rings is 2. The van der Waals surface area contributed by atoms with Gasteiger partial charge in [0.25, 0.3) is 0 Å². The number of hydrogen-bond acceptors (Lipinski definition) is 2. The molecule has 4 aromatic heterocycles. The van der Waals surface area contributed by atoms with E-state index in [2.05, 4.69) is 9.97 Å². The van der Waals surface area contributed by atoms with Gasteiger partial charge >= 0.3 is 17.8 Å². The van der Waals surface area contributed by atoms with Crippen LogP contribution in [0.25, 0.3) is 45.2 Å². The molecule has 0 N–H and O–H groups in total. The van der Waals surface area contributed by atoms with Crippen LogP contribution < -0.4 is 0 Å².